The van der Waals surface area contributed by atoms with Crippen molar-refractivity contribution in [3.63, 3.8) is 0 Å². The highest BCUT2D eigenvalue weighted by Gasteiger charge is 2.24. The Morgan fingerprint density at radius 3 is 2.83 bits per heavy atom. The third-order valence-electron chi connectivity index (χ3n) is 2.88. The molecular formula is C12H8BrCl2N3. The quantitative estimate of drug-likeness (QED) is 0.767. The van der Waals surface area contributed by atoms with Gasteiger partial charge in [0.2, 0.25) is 0 Å². The lowest BCUT2D eigenvalue weighted by Gasteiger charge is -2.21. The molecule has 1 aliphatic rings. The summed E-state index contributed by atoms with van der Waals surface area (Å²) < 4.78 is 2.88. The van der Waals surface area contributed by atoms with Crippen LogP contribution >= 0.6 is 39.1 Å². The maximum Gasteiger partial charge on any atom is 0.171 e. The van der Waals surface area contributed by atoms with E-state index in [1.54, 1.807) is 6.20 Å². The number of hydrogen-bond donors (Lipinski definition) is 0. The lowest BCUT2D eigenvalue weighted by atomic mass is 10.1. The van der Waals surface area contributed by atoms with Crippen LogP contribution in [0.3, 0.4) is 0 Å². The molecule has 1 atom stereocenters. The van der Waals surface area contributed by atoms with Crippen molar-refractivity contribution >= 4 is 44.3 Å². The highest BCUT2D eigenvalue weighted by molar-refractivity contribution is 9.10. The average Bonchev–Trinajstić information content (AvgIpc) is 2.72. The van der Waals surface area contributed by atoms with Crippen LogP contribution in [0.15, 0.2) is 40.1 Å². The first-order valence-electron chi connectivity index (χ1n) is 5.36. The number of aliphatic imine (C=N–C) groups is 1. The largest absolute Gasteiger partial charge is 0.314 e. The molecule has 92 valence electrons. The SMILES string of the molecule is ClC1=NC(c2ccccc2Cl)Cn2c(Br)cnc21. The minimum atomic E-state index is -0.0794. The molecule has 1 aromatic carbocycles. The first-order chi connectivity index (χ1) is 8.66. The molecule has 3 nitrogen and oxygen atoms in total. The van der Waals surface area contributed by atoms with E-state index in [1.807, 2.05) is 28.8 Å². The van der Waals surface area contributed by atoms with Gasteiger partial charge in [-0.3, -0.25) is 4.99 Å². The summed E-state index contributed by atoms with van der Waals surface area (Å²) in [7, 11) is 0. The second-order valence-electron chi connectivity index (χ2n) is 3.97. The summed E-state index contributed by atoms with van der Waals surface area (Å²) in [6, 6.07) is 7.60. The normalized spacial score (nSPS) is 18.4. The van der Waals surface area contributed by atoms with Crippen molar-refractivity contribution in [1.29, 1.82) is 0 Å². The average molecular weight is 345 g/mol. The fraction of sp³-hybridized carbons (Fsp3) is 0.167. The van der Waals surface area contributed by atoms with Gasteiger partial charge in [0.15, 0.2) is 11.0 Å². The molecule has 6 heteroatoms. The van der Waals surface area contributed by atoms with Gasteiger partial charge in [0.25, 0.3) is 0 Å². The Morgan fingerprint density at radius 2 is 2.06 bits per heavy atom. The van der Waals surface area contributed by atoms with Crippen LogP contribution < -0.4 is 0 Å². The van der Waals surface area contributed by atoms with Gasteiger partial charge in [0.05, 0.1) is 18.8 Å². The number of hydrogen-bond acceptors (Lipinski definition) is 2. The first-order valence-corrected chi connectivity index (χ1v) is 6.91. The molecule has 2 heterocycles. The Bertz CT molecular complexity index is 636. The van der Waals surface area contributed by atoms with Crippen LogP contribution in [-0.4, -0.2) is 14.7 Å². The molecule has 0 saturated heterocycles. The standard InChI is InChI=1S/C12H8BrCl2N3/c13-10-5-16-12-11(15)17-9(6-18(10)12)7-3-1-2-4-8(7)14/h1-5,9H,6H2. The fourth-order valence-corrected chi connectivity index (χ4v) is 2.96. The molecule has 1 aromatic heterocycles. The number of rotatable bonds is 1. The van der Waals surface area contributed by atoms with Crippen molar-refractivity contribution < 1.29 is 0 Å². The van der Waals surface area contributed by atoms with E-state index in [0.29, 0.717) is 22.6 Å². The number of aromatic nitrogens is 2. The number of imidazole rings is 1. The van der Waals surface area contributed by atoms with Gasteiger partial charge < -0.3 is 4.57 Å². The maximum atomic E-state index is 6.20. The van der Waals surface area contributed by atoms with Gasteiger partial charge in [-0.15, -0.1) is 0 Å². The zero-order valence-electron chi connectivity index (χ0n) is 9.15. The number of benzene rings is 1. The summed E-state index contributed by atoms with van der Waals surface area (Å²) in [6.45, 7) is 0.676. The summed E-state index contributed by atoms with van der Waals surface area (Å²) in [5, 5.41) is 1.12. The van der Waals surface area contributed by atoms with Crippen molar-refractivity contribution in [2.75, 3.05) is 0 Å². The Morgan fingerprint density at radius 1 is 1.28 bits per heavy atom. The molecule has 1 unspecified atom stereocenters. The van der Waals surface area contributed by atoms with Crippen molar-refractivity contribution in [3.05, 3.63) is 51.5 Å². The molecule has 0 radical (unpaired) electrons. The molecule has 0 aliphatic carbocycles. The van der Waals surface area contributed by atoms with Crippen molar-refractivity contribution in [3.8, 4) is 0 Å². The lowest BCUT2D eigenvalue weighted by molar-refractivity contribution is 0.553. The maximum absolute atomic E-state index is 6.20. The summed E-state index contributed by atoms with van der Waals surface area (Å²) in [6.07, 6.45) is 1.72. The zero-order chi connectivity index (χ0) is 12.7. The Hall–Kier alpha value is -0.840. The number of halogens is 3. The summed E-state index contributed by atoms with van der Waals surface area (Å²) in [5.74, 6) is 0.687. The second-order valence-corrected chi connectivity index (χ2v) is 5.55. The molecule has 0 spiro atoms. The molecule has 2 aromatic rings. The second kappa shape index (κ2) is 4.68. The van der Waals surface area contributed by atoms with Gasteiger partial charge in [-0.1, -0.05) is 41.4 Å². The van der Waals surface area contributed by atoms with Crippen LogP contribution in [0.2, 0.25) is 5.02 Å². The molecule has 0 fully saturated rings. The van der Waals surface area contributed by atoms with E-state index in [2.05, 4.69) is 25.9 Å². The fourth-order valence-electron chi connectivity index (χ4n) is 2.01. The lowest BCUT2D eigenvalue weighted by Crippen LogP contribution is -2.19. The number of nitrogens with zero attached hydrogens (tertiary/aromatic N) is 3. The van der Waals surface area contributed by atoms with Crippen LogP contribution in [0.4, 0.5) is 0 Å². The Balaban J connectivity index is 2.06. The van der Waals surface area contributed by atoms with Gasteiger partial charge in [-0.05, 0) is 27.6 Å². The molecule has 0 amide bonds. The van der Waals surface area contributed by atoms with E-state index in [4.69, 9.17) is 23.2 Å². The van der Waals surface area contributed by atoms with Crippen LogP contribution in [-0.2, 0) is 6.54 Å². The predicted molar refractivity (Wildman–Crippen MR) is 76.5 cm³/mol. The van der Waals surface area contributed by atoms with Crippen LogP contribution in [0.25, 0.3) is 0 Å². The molecule has 0 bridgehead atoms. The zero-order valence-corrected chi connectivity index (χ0v) is 12.2. The van der Waals surface area contributed by atoms with Crippen molar-refractivity contribution in [2.24, 2.45) is 4.99 Å². The first kappa shape index (κ1) is 12.2. The van der Waals surface area contributed by atoms with E-state index in [1.165, 1.54) is 0 Å². The smallest absolute Gasteiger partial charge is 0.171 e. The van der Waals surface area contributed by atoms with E-state index in [-0.39, 0.29) is 6.04 Å². The van der Waals surface area contributed by atoms with Crippen molar-refractivity contribution in [2.45, 2.75) is 12.6 Å². The minimum absolute atomic E-state index is 0.0794. The van der Waals surface area contributed by atoms with Gasteiger partial charge in [0.1, 0.15) is 4.60 Å². The predicted octanol–water partition coefficient (Wildman–Crippen LogP) is 4.04. The van der Waals surface area contributed by atoms with Crippen molar-refractivity contribution in [1.82, 2.24) is 9.55 Å². The van der Waals surface area contributed by atoms with E-state index in [9.17, 15) is 0 Å². The third-order valence-corrected chi connectivity index (χ3v) is 4.12. The monoisotopic (exact) mass is 343 g/mol. The molecular weight excluding hydrogens is 337 g/mol. The Labute approximate surface area is 123 Å². The summed E-state index contributed by atoms with van der Waals surface area (Å²) in [4.78, 5) is 8.67. The van der Waals surface area contributed by atoms with E-state index in [0.717, 1.165) is 10.2 Å². The van der Waals surface area contributed by atoms with Crippen LogP contribution in [0.1, 0.15) is 17.4 Å². The van der Waals surface area contributed by atoms with Crippen LogP contribution in [0, 0.1) is 0 Å². The van der Waals surface area contributed by atoms with Gasteiger partial charge in [-0.25, -0.2) is 4.98 Å². The molecule has 18 heavy (non-hydrogen) atoms. The molecule has 1 aliphatic heterocycles. The number of fused-ring (bicyclic) bond motifs is 1. The van der Waals surface area contributed by atoms with Gasteiger partial charge >= 0.3 is 0 Å². The summed E-state index contributed by atoms with van der Waals surface area (Å²) >= 11 is 15.8. The van der Waals surface area contributed by atoms with Gasteiger partial charge in [-0.2, -0.15) is 0 Å². The Kier molecular flexibility index (Phi) is 3.18. The highest BCUT2D eigenvalue weighted by atomic mass is 79.9. The van der Waals surface area contributed by atoms with E-state index < -0.39 is 0 Å². The third kappa shape index (κ3) is 1.98. The molecule has 0 N–H and O–H groups in total. The van der Waals surface area contributed by atoms with Gasteiger partial charge in [0, 0.05) is 5.02 Å². The van der Waals surface area contributed by atoms with E-state index >= 15 is 0 Å². The van der Waals surface area contributed by atoms with Crippen LogP contribution in [0.5, 0.6) is 0 Å². The summed E-state index contributed by atoms with van der Waals surface area (Å²) in [5.41, 5.74) is 0.976. The topological polar surface area (TPSA) is 30.2 Å². The minimum Gasteiger partial charge on any atom is -0.314 e. The highest BCUT2D eigenvalue weighted by Crippen LogP contribution is 2.32. The molecule has 3 rings (SSSR count). The molecule has 0 saturated carbocycles.